The predicted molar refractivity (Wildman–Crippen MR) is 76.0 cm³/mol. The van der Waals surface area contributed by atoms with Crippen molar-refractivity contribution in [1.82, 2.24) is 4.67 Å². The zero-order valence-electron chi connectivity index (χ0n) is 11.7. The number of hydrogen-bond acceptors (Lipinski definition) is 1. The molecule has 0 spiro atoms. The molecule has 0 bridgehead atoms. The van der Waals surface area contributed by atoms with Crippen LogP contribution in [-0.2, 0) is 4.57 Å². The minimum absolute atomic E-state index is 0.373. The van der Waals surface area contributed by atoms with E-state index in [4.69, 9.17) is 0 Å². The van der Waals surface area contributed by atoms with Crippen molar-refractivity contribution in [3.05, 3.63) is 0 Å². The molecule has 2 fully saturated rings. The first-order valence-electron chi connectivity index (χ1n) is 7.76. The third-order valence-corrected chi connectivity index (χ3v) is 6.87. The summed E-state index contributed by atoms with van der Waals surface area (Å²) in [7, 11) is -3.09. The van der Waals surface area contributed by atoms with Crippen molar-refractivity contribution in [2.24, 2.45) is 0 Å². The van der Waals surface area contributed by atoms with Crippen LogP contribution in [0.4, 0.5) is 0 Å². The number of nitrogens with zero attached hydrogens (tertiary/aromatic N) is 1. The van der Waals surface area contributed by atoms with E-state index in [0.717, 1.165) is 25.7 Å². The van der Waals surface area contributed by atoms with Gasteiger partial charge in [-0.2, -0.15) is 0 Å². The van der Waals surface area contributed by atoms with Crippen molar-refractivity contribution >= 4 is 7.52 Å². The topological polar surface area (TPSA) is 40.5 Å². The van der Waals surface area contributed by atoms with Crippen LogP contribution >= 0.6 is 7.52 Å². The van der Waals surface area contributed by atoms with Crippen molar-refractivity contribution in [3.63, 3.8) is 0 Å². The van der Waals surface area contributed by atoms with E-state index in [-0.39, 0.29) is 0 Å². The summed E-state index contributed by atoms with van der Waals surface area (Å²) >= 11 is 0. The van der Waals surface area contributed by atoms with Gasteiger partial charge in [-0.3, -0.25) is 4.57 Å². The smallest absolute Gasteiger partial charge is 0.270 e. The molecule has 1 atom stereocenters. The third-order valence-electron chi connectivity index (χ3n) is 4.67. The van der Waals surface area contributed by atoms with E-state index in [9.17, 15) is 9.46 Å². The van der Waals surface area contributed by atoms with Gasteiger partial charge in [-0.15, -0.1) is 0 Å². The molecule has 4 heteroatoms. The van der Waals surface area contributed by atoms with Gasteiger partial charge in [0.2, 0.25) is 0 Å². The van der Waals surface area contributed by atoms with E-state index >= 15 is 0 Å². The Hall–Kier alpha value is 0.150. The molecule has 18 heavy (non-hydrogen) atoms. The lowest BCUT2D eigenvalue weighted by Gasteiger charge is -2.43. The fraction of sp³-hybridized carbons (Fsp3) is 1.00. The molecular weight excluding hydrogens is 245 g/mol. The Kier molecular flexibility index (Phi) is 5.29. The molecule has 1 unspecified atom stereocenters. The van der Waals surface area contributed by atoms with Crippen molar-refractivity contribution in [2.45, 2.75) is 83.2 Å². The normalized spacial score (nSPS) is 27.3. The maximum atomic E-state index is 12.6. The van der Waals surface area contributed by atoms with Crippen LogP contribution in [0.1, 0.15) is 71.1 Å². The lowest BCUT2D eigenvalue weighted by atomic mass is 9.91. The Morgan fingerprint density at radius 3 is 1.67 bits per heavy atom. The highest BCUT2D eigenvalue weighted by Crippen LogP contribution is 2.51. The van der Waals surface area contributed by atoms with Crippen molar-refractivity contribution < 1.29 is 9.46 Å². The molecule has 2 rings (SSSR count). The van der Waals surface area contributed by atoms with Crippen LogP contribution in [0.2, 0.25) is 0 Å². The second-order valence-electron chi connectivity index (χ2n) is 5.94. The molecule has 3 nitrogen and oxygen atoms in total. The molecule has 106 valence electrons. The molecule has 0 radical (unpaired) electrons. The summed E-state index contributed by atoms with van der Waals surface area (Å²) in [5.41, 5.74) is 0. The van der Waals surface area contributed by atoms with Crippen LogP contribution < -0.4 is 0 Å². The Labute approximate surface area is 111 Å². The minimum Gasteiger partial charge on any atom is -0.333 e. The van der Waals surface area contributed by atoms with Crippen molar-refractivity contribution in [3.8, 4) is 0 Å². The molecule has 0 aromatic carbocycles. The van der Waals surface area contributed by atoms with Gasteiger partial charge >= 0.3 is 0 Å². The van der Waals surface area contributed by atoms with E-state index in [2.05, 4.69) is 4.67 Å². The Morgan fingerprint density at radius 2 is 1.33 bits per heavy atom. The SMILES string of the molecule is CCP(=O)(O)N(C1CCCCC1)C1CCCCC1. The predicted octanol–water partition coefficient (Wildman–Crippen LogP) is 4.16. The zero-order valence-corrected chi connectivity index (χ0v) is 12.6. The zero-order chi connectivity index (χ0) is 13.0. The monoisotopic (exact) mass is 273 g/mol. The van der Waals surface area contributed by atoms with Crippen LogP contribution in [0.5, 0.6) is 0 Å². The van der Waals surface area contributed by atoms with Crippen LogP contribution in [0.15, 0.2) is 0 Å². The maximum absolute atomic E-state index is 12.6. The van der Waals surface area contributed by atoms with E-state index < -0.39 is 7.52 Å². The standard InChI is InChI=1S/C14H28NO2P/c1-2-18(16,17)15(13-9-5-3-6-10-13)14-11-7-4-8-12-14/h13-14H,2-12H2,1H3,(H,16,17). The van der Waals surface area contributed by atoms with Gasteiger partial charge in [0.05, 0.1) is 0 Å². The summed E-state index contributed by atoms with van der Waals surface area (Å²) in [4.78, 5) is 10.4. The molecule has 0 heterocycles. The minimum atomic E-state index is -3.09. The Morgan fingerprint density at radius 1 is 0.944 bits per heavy atom. The summed E-state index contributed by atoms with van der Waals surface area (Å²) in [5.74, 6) is 0. The summed E-state index contributed by atoms with van der Waals surface area (Å²) in [6.45, 7) is 1.86. The van der Waals surface area contributed by atoms with Gasteiger partial charge < -0.3 is 4.89 Å². The highest BCUT2D eigenvalue weighted by Gasteiger charge is 2.38. The second kappa shape index (κ2) is 6.54. The van der Waals surface area contributed by atoms with Gasteiger partial charge in [0.25, 0.3) is 7.52 Å². The molecule has 0 aromatic rings. The molecule has 0 aliphatic heterocycles. The number of rotatable bonds is 4. The Bertz CT molecular complexity index is 278. The molecule has 0 aromatic heterocycles. The molecular formula is C14H28NO2P. The molecule has 1 N–H and O–H groups in total. The maximum Gasteiger partial charge on any atom is 0.270 e. The van der Waals surface area contributed by atoms with Crippen molar-refractivity contribution in [1.29, 1.82) is 0 Å². The molecule has 2 aliphatic rings. The molecule has 0 amide bonds. The first-order valence-corrected chi connectivity index (χ1v) is 9.55. The highest BCUT2D eigenvalue weighted by atomic mass is 31.2. The lowest BCUT2D eigenvalue weighted by Crippen LogP contribution is -2.43. The third kappa shape index (κ3) is 3.37. The number of hydrogen-bond donors (Lipinski definition) is 1. The first-order chi connectivity index (χ1) is 8.65. The highest BCUT2D eigenvalue weighted by molar-refractivity contribution is 7.55. The lowest BCUT2D eigenvalue weighted by molar-refractivity contribution is 0.151. The molecule has 0 saturated heterocycles. The summed E-state index contributed by atoms with van der Waals surface area (Å²) in [5, 5.41) is 0. The van der Waals surface area contributed by atoms with Crippen LogP contribution in [-0.4, -0.2) is 27.8 Å². The largest absolute Gasteiger partial charge is 0.333 e. The van der Waals surface area contributed by atoms with Gasteiger partial charge in [-0.25, -0.2) is 4.67 Å². The van der Waals surface area contributed by atoms with E-state index in [1.54, 1.807) is 0 Å². The second-order valence-corrected chi connectivity index (χ2v) is 8.37. The fourth-order valence-corrected chi connectivity index (χ4v) is 5.47. The van der Waals surface area contributed by atoms with Gasteiger partial charge in [-0.1, -0.05) is 45.4 Å². The van der Waals surface area contributed by atoms with Gasteiger partial charge in [0, 0.05) is 18.2 Å². The van der Waals surface area contributed by atoms with Crippen LogP contribution in [0.3, 0.4) is 0 Å². The van der Waals surface area contributed by atoms with Gasteiger partial charge in [-0.05, 0) is 25.7 Å². The molecule has 2 saturated carbocycles. The van der Waals surface area contributed by atoms with Gasteiger partial charge in [0.15, 0.2) is 0 Å². The average molecular weight is 273 g/mol. The average Bonchev–Trinajstić information content (AvgIpc) is 2.41. The van der Waals surface area contributed by atoms with Crippen molar-refractivity contribution in [2.75, 3.05) is 6.16 Å². The Balaban J connectivity index is 2.13. The van der Waals surface area contributed by atoms with Gasteiger partial charge in [0.1, 0.15) is 0 Å². The quantitative estimate of drug-likeness (QED) is 0.782. The van der Waals surface area contributed by atoms with E-state index in [1.807, 2.05) is 6.92 Å². The van der Waals surface area contributed by atoms with Crippen LogP contribution in [0, 0.1) is 0 Å². The first kappa shape index (κ1) is 14.6. The van der Waals surface area contributed by atoms with Crippen LogP contribution in [0.25, 0.3) is 0 Å². The summed E-state index contributed by atoms with van der Waals surface area (Å²) in [6, 6.07) is 0.746. The van der Waals surface area contributed by atoms with E-state index in [0.29, 0.717) is 18.2 Å². The summed E-state index contributed by atoms with van der Waals surface area (Å²) < 4.78 is 14.6. The fourth-order valence-electron chi connectivity index (χ4n) is 3.66. The summed E-state index contributed by atoms with van der Waals surface area (Å²) in [6.07, 6.45) is 12.4. The molecule has 2 aliphatic carbocycles. The van der Waals surface area contributed by atoms with E-state index in [1.165, 1.54) is 38.5 Å².